The highest BCUT2D eigenvalue weighted by atomic mass is 15.2. The predicted octanol–water partition coefficient (Wildman–Crippen LogP) is 4.20. The van der Waals surface area contributed by atoms with Crippen LogP contribution in [0.4, 0.5) is 0 Å². The first-order chi connectivity index (χ1) is 10.7. The van der Waals surface area contributed by atoms with Gasteiger partial charge in [-0.15, -0.1) is 10.2 Å². The van der Waals surface area contributed by atoms with E-state index in [1.807, 2.05) is 4.57 Å². The molecule has 0 unspecified atom stereocenters. The van der Waals surface area contributed by atoms with Crippen molar-refractivity contribution < 1.29 is 0 Å². The Bertz CT molecular complexity index is 856. The van der Waals surface area contributed by atoms with Gasteiger partial charge in [0, 0.05) is 5.69 Å². The Morgan fingerprint density at radius 1 is 0.955 bits per heavy atom. The zero-order valence-electron chi connectivity index (χ0n) is 12.7. The second-order valence-corrected chi connectivity index (χ2v) is 5.97. The molecule has 4 rings (SSSR count). The van der Waals surface area contributed by atoms with E-state index in [1.165, 1.54) is 33.4 Å². The molecule has 1 heterocycles. The second-order valence-electron chi connectivity index (χ2n) is 5.97. The van der Waals surface area contributed by atoms with E-state index in [9.17, 15) is 0 Å². The molecule has 0 spiro atoms. The van der Waals surface area contributed by atoms with Gasteiger partial charge in [0.2, 0.25) is 0 Å². The zero-order chi connectivity index (χ0) is 15.1. The average Bonchev–Trinajstić information content (AvgIpc) is 3.15. The van der Waals surface area contributed by atoms with Crippen LogP contribution in [0.25, 0.3) is 22.9 Å². The van der Waals surface area contributed by atoms with Crippen LogP contribution in [0, 0.1) is 6.92 Å². The van der Waals surface area contributed by atoms with Crippen LogP contribution in [-0.4, -0.2) is 14.8 Å². The van der Waals surface area contributed by atoms with Crippen molar-refractivity contribution in [2.45, 2.75) is 20.3 Å². The Hall–Kier alpha value is -2.68. The van der Waals surface area contributed by atoms with Crippen LogP contribution in [0.3, 0.4) is 0 Å². The number of aromatic nitrogens is 3. The Morgan fingerprint density at radius 3 is 2.41 bits per heavy atom. The van der Waals surface area contributed by atoms with E-state index in [0.29, 0.717) is 0 Å². The fourth-order valence-corrected chi connectivity index (χ4v) is 3.07. The third-order valence-corrected chi connectivity index (χ3v) is 4.19. The van der Waals surface area contributed by atoms with E-state index in [4.69, 9.17) is 0 Å². The molecule has 1 aromatic heterocycles. The lowest BCUT2D eigenvalue weighted by atomic mass is 9.95. The molecule has 0 amide bonds. The van der Waals surface area contributed by atoms with E-state index in [0.717, 1.165) is 12.1 Å². The molecule has 0 fully saturated rings. The molecule has 3 aromatic rings. The lowest BCUT2D eigenvalue weighted by molar-refractivity contribution is 1.05. The molecule has 108 valence electrons. The molecular weight excluding hydrogens is 270 g/mol. The first-order valence-corrected chi connectivity index (χ1v) is 7.47. The van der Waals surface area contributed by atoms with Gasteiger partial charge >= 0.3 is 0 Å². The maximum atomic E-state index is 3.92. The first-order valence-electron chi connectivity index (χ1n) is 7.47. The molecule has 1 aliphatic carbocycles. The van der Waals surface area contributed by atoms with Crippen LogP contribution in [0.5, 0.6) is 0 Å². The number of nitrogens with zero attached hydrogens (tertiary/aromatic N) is 3. The molecule has 2 aromatic carbocycles. The van der Waals surface area contributed by atoms with Crippen molar-refractivity contribution in [3.8, 4) is 16.8 Å². The fourth-order valence-electron chi connectivity index (χ4n) is 3.07. The molecule has 0 aliphatic heterocycles. The number of aryl methyl sites for hydroxylation is 1. The van der Waals surface area contributed by atoms with Gasteiger partial charge in [-0.2, -0.15) is 0 Å². The summed E-state index contributed by atoms with van der Waals surface area (Å²) in [4.78, 5) is 0. The van der Waals surface area contributed by atoms with Crippen LogP contribution < -0.4 is 0 Å². The van der Waals surface area contributed by atoms with Crippen molar-refractivity contribution >= 4 is 6.08 Å². The minimum atomic E-state index is 1.02. The monoisotopic (exact) mass is 287 g/mol. The molecule has 0 bridgehead atoms. The van der Waals surface area contributed by atoms with Crippen molar-refractivity contribution in [2.24, 2.45) is 0 Å². The van der Waals surface area contributed by atoms with E-state index < -0.39 is 0 Å². The van der Waals surface area contributed by atoms with Crippen molar-refractivity contribution in [2.75, 3.05) is 0 Å². The van der Waals surface area contributed by atoms with Gasteiger partial charge in [-0.25, -0.2) is 0 Å². The Morgan fingerprint density at radius 2 is 1.68 bits per heavy atom. The topological polar surface area (TPSA) is 30.7 Å². The van der Waals surface area contributed by atoms with Crippen molar-refractivity contribution in [3.05, 3.63) is 71.3 Å². The smallest absolute Gasteiger partial charge is 0.123 e. The van der Waals surface area contributed by atoms with Gasteiger partial charge in [0.05, 0.1) is 0 Å². The first kappa shape index (κ1) is 13.0. The highest BCUT2D eigenvalue weighted by molar-refractivity contribution is 5.82. The number of hydrogen-bond donors (Lipinski definition) is 0. The molecule has 1 aliphatic rings. The summed E-state index contributed by atoms with van der Waals surface area (Å²) in [5.41, 5.74) is 9.05. The maximum absolute atomic E-state index is 3.92. The van der Waals surface area contributed by atoms with Gasteiger partial charge in [-0.05, 0) is 54.7 Å². The third kappa shape index (κ3) is 2.15. The molecule has 0 saturated heterocycles. The minimum Gasteiger partial charge on any atom is -0.288 e. The van der Waals surface area contributed by atoms with Crippen molar-refractivity contribution in [3.63, 3.8) is 0 Å². The van der Waals surface area contributed by atoms with Crippen LogP contribution in [0.15, 0.2) is 54.6 Å². The Labute approximate surface area is 130 Å². The largest absolute Gasteiger partial charge is 0.288 e. The van der Waals surface area contributed by atoms with E-state index in [2.05, 4.69) is 66.5 Å². The third-order valence-electron chi connectivity index (χ3n) is 4.19. The number of allylic oxidation sites excluding steroid dienone is 1. The highest BCUT2D eigenvalue weighted by Crippen LogP contribution is 2.36. The summed E-state index contributed by atoms with van der Waals surface area (Å²) in [6, 6.07) is 13.2. The summed E-state index contributed by atoms with van der Waals surface area (Å²) >= 11 is 0. The quantitative estimate of drug-likeness (QED) is 0.707. The van der Waals surface area contributed by atoms with Crippen LogP contribution >= 0.6 is 0 Å². The molecule has 0 atom stereocenters. The van der Waals surface area contributed by atoms with Gasteiger partial charge in [0.1, 0.15) is 12.7 Å². The molecular formula is C19H17N3. The van der Waals surface area contributed by atoms with Gasteiger partial charge in [0.25, 0.3) is 0 Å². The summed E-state index contributed by atoms with van der Waals surface area (Å²) in [7, 11) is 0. The van der Waals surface area contributed by atoms with E-state index in [-0.39, 0.29) is 0 Å². The summed E-state index contributed by atoms with van der Waals surface area (Å²) in [5, 5.41) is 7.84. The molecule has 22 heavy (non-hydrogen) atoms. The lowest BCUT2D eigenvalue weighted by Gasteiger charge is -2.12. The molecule has 3 heteroatoms. The molecule has 0 N–H and O–H groups in total. The lowest BCUT2D eigenvalue weighted by Crippen LogP contribution is -1.96. The number of hydrogen-bond acceptors (Lipinski definition) is 2. The van der Waals surface area contributed by atoms with Crippen LogP contribution in [0.1, 0.15) is 23.6 Å². The summed E-state index contributed by atoms with van der Waals surface area (Å²) < 4.78 is 1.96. The number of rotatable bonds is 2. The van der Waals surface area contributed by atoms with Crippen molar-refractivity contribution in [1.82, 2.24) is 14.8 Å². The fraction of sp³-hybridized carbons (Fsp3) is 0.158. The predicted molar refractivity (Wildman–Crippen MR) is 88.9 cm³/mol. The standard InChI is InChI=1S/C19H17N3/c1-13-3-5-15(6-4-13)19-10-17(22-11-20-21-12-22)9-16-7-14(2)8-18(16)19/h3-6,8-12H,7H2,1-2H3. The Balaban J connectivity index is 1.93. The number of fused-ring (bicyclic) bond motifs is 1. The SMILES string of the molecule is CC1=Cc2c(cc(-n3cnnc3)cc2-c2ccc(C)cc2)C1. The normalized spacial score (nSPS) is 13.1. The summed E-state index contributed by atoms with van der Waals surface area (Å²) in [6.07, 6.45) is 6.82. The summed E-state index contributed by atoms with van der Waals surface area (Å²) in [5.74, 6) is 0. The zero-order valence-corrected chi connectivity index (χ0v) is 12.7. The van der Waals surface area contributed by atoms with Gasteiger partial charge < -0.3 is 0 Å². The van der Waals surface area contributed by atoms with E-state index >= 15 is 0 Å². The maximum Gasteiger partial charge on any atom is 0.123 e. The second kappa shape index (κ2) is 4.95. The van der Waals surface area contributed by atoms with Gasteiger partial charge in [-0.1, -0.05) is 41.5 Å². The molecule has 0 saturated carbocycles. The average molecular weight is 287 g/mol. The van der Waals surface area contributed by atoms with E-state index in [1.54, 1.807) is 12.7 Å². The summed E-state index contributed by atoms with van der Waals surface area (Å²) in [6.45, 7) is 4.31. The Kier molecular flexibility index (Phi) is 2.93. The minimum absolute atomic E-state index is 1.02. The molecule has 3 nitrogen and oxygen atoms in total. The van der Waals surface area contributed by atoms with Crippen LogP contribution in [-0.2, 0) is 6.42 Å². The van der Waals surface area contributed by atoms with Gasteiger partial charge in [0.15, 0.2) is 0 Å². The van der Waals surface area contributed by atoms with Crippen molar-refractivity contribution in [1.29, 1.82) is 0 Å². The number of benzene rings is 2. The molecule has 0 radical (unpaired) electrons. The van der Waals surface area contributed by atoms with Crippen LogP contribution in [0.2, 0.25) is 0 Å². The van der Waals surface area contributed by atoms with Gasteiger partial charge in [-0.3, -0.25) is 4.57 Å². The highest BCUT2D eigenvalue weighted by Gasteiger charge is 2.17.